The van der Waals surface area contributed by atoms with Gasteiger partial charge in [-0.2, -0.15) is 0 Å². The maximum Gasteiger partial charge on any atom is 0.165 e. The van der Waals surface area contributed by atoms with E-state index in [4.69, 9.17) is 4.74 Å². The van der Waals surface area contributed by atoms with E-state index in [0.29, 0.717) is 16.8 Å². The fourth-order valence-corrected chi connectivity index (χ4v) is 2.59. The number of sulfone groups is 1. The van der Waals surface area contributed by atoms with E-state index in [1.807, 2.05) is 0 Å². The number of rotatable bonds is 4. The Morgan fingerprint density at radius 3 is 2.50 bits per heavy atom. The van der Waals surface area contributed by atoms with E-state index in [-0.39, 0.29) is 11.5 Å². The Hall–Kier alpha value is -1.95. The van der Waals surface area contributed by atoms with E-state index in [2.05, 4.69) is 4.98 Å². The molecule has 0 aliphatic heterocycles. The normalized spacial score (nSPS) is 11.3. The highest BCUT2D eigenvalue weighted by Gasteiger charge is 2.08. The molecule has 0 saturated heterocycles. The van der Waals surface area contributed by atoms with Crippen molar-refractivity contribution in [3.05, 3.63) is 47.9 Å². The summed E-state index contributed by atoms with van der Waals surface area (Å²) < 4.78 is 40.8. The van der Waals surface area contributed by atoms with Gasteiger partial charge in [0.15, 0.2) is 21.4 Å². The molecule has 2 rings (SSSR count). The minimum Gasteiger partial charge on any atom is -0.494 e. The molecule has 0 radical (unpaired) electrons. The summed E-state index contributed by atoms with van der Waals surface area (Å²) in [7, 11) is -1.69. The van der Waals surface area contributed by atoms with Gasteiger partial charge in [0.05, 0.1) is 18.6 Å². The predicted octanol–water partition coefficient (Wildman–Crippen LogP) is 2.44. The Kier molecular flexibility index (Phi) is 4.04. The zero-order valence-electron chi connectivity index (χ0n) is 11.1. The molecule has 20 heavy (non-hydrogen) atoms. The maximum absolute atomic E-state index is 13.6. The highest BCUT2D eigenvalue weighted by atomic mass is 32.2. The summed E-state index contributed by atoms with van der Waals surface area (Å²) in [4.78, 5) is 4.16. The number of aromatic nitrogens is 1. The van der Waals surface area contributed by atoms with Crippen molar-refractivity contribution in [2.75, 3.05) is 13.4 Å². The van der Waals surface area contributed by atoms with E-state index in [0.717, 1.165) is 0 Å². The van der Waals surface area contributed by atoms with Gasteiger partial charge in [-0.1, -0.05) is 6.07 Å². The fraction of sp³-hybridized carbons (Fsp3) is 0.214. The SMILES string of the molecule is COc1ccc(-c2ccc(CS(C)(=O)=O)cn2)cc1F. The first-order chi connectivity index (χ1) is 9.39. The van der Waals surface area contributed by atoms with Crippen LogP contribution in [-0.2, 0) is 15.6 Å². The van der Waals surface area contributed by atoms with Crippen LogP contribution in [0, 0.1) is 5.82 Å². The summed E-state index contributed by atoms with van der Waals surface area (Å²) >= 11 is 0. The van der Waals surface area contributed by atoms with Gasteiger partial charge in [0.25, 0.3) is 0 Å². The summed E-state index contributed by atoms with van der Waals surface area (Å²) in [5.41, 5.74) is 1.78. The Labute approximate surface area is 117 Å². The van der Waals surface area contributed by atoms with Gasteiger partial charge in [-0.15, -0.1) is 0 Å². The van der Waals surface area contributed by atoms with Gasteiger partial charge < -0.3 is 4.74 Å². The standard InChI is InChI=1S/C14H14FNO3S/c1-19-14-6-4-11(7-12(14)15)13-5-3-10(8-16-13)9-20(2,17)18/h3-8H,9H2,1-2H3. The molecule has 106 valence electrons. The topological polar surface area (TPSA) is 56.3 Å². The molecule has 4 nitrogen and oxygen atoms in total. The Morgan fingerprint density at radius 2 is 2.00 bits per heavy atom. The van der Waals surface area contributed by atoms with Crippen LogP contribution in [0.5, 0.6) is 5.75 Å². The third kappa shape index (κ3) is 3.54. The van der Waals surface area contributed by atoms with Crippen molar-refractivity contribution in [1.82, 2.24) is 4.98 Å². The predicted molar refractivity (Wildman–Crippen MR) is 74.7 cm³/mol. The van der Waals surface area contributed by atoms with Crippen LogP contribution in [0.15, 0.2) is 36.5 Å². The number of halogens is 1. The summed E-state index contributed by atoms with van der Waals surface area (Å²) in [6, 6.07) is 7.89. The average molecular weight is 295 g/mol. The maximum atomic E-state index is 13.6. The lowest BCUT2D eigenvalue weighted by atomic mass is 10.1. The first-order valence-corrected chi connectivity index (χ1v) is 7.91. The van der Waals surface area contributed by atoms with Crippen molar-refractivity contribution < 1.29 is 17.5 Å². The molecule has 2 aromatic rings. The molecule has 0 bridgehead atoms. The van der Waals surface area contributed by atoms with Crippen LogP contribution in [0.2, 0.25) is 0 Å². The van der Waals surface area contributed by atoms with E-state index in [1.54, 1.807) is 18.2 Å². The van der Waals surface area contributed by atoms with Crippen molar-refractivity contribution in [2.24, 2.45) is 0 Å². The molecule has 0 saturated carbocycles. The van der Waals surface area contributed by atoms with Gasteiger partial charge in [-0.3, -0.25) is 4.98 Å². The molecule has 1 aromatic heterocycles. The van der Waals surface area contributed by atoms with E-state index in [9.17, 15) is 12.8 Å². The van der Waals surface area contributed by atoms with E-state index >= 15 is 0 Å². The van der Waals surface area contributed by atoms with Gasteiger partial charge in [0.1, 0.15) is 0 Å². The van der Waals surface area contributed by atoms with Crippen molar-refractivity contribution in [3.8, 4) is 17.0 Å². The molecule has 0 atom stereocenters. The molecule has 1 aromatic carbocycles. The molecule has 0 aliphatic carbocycles. The van der Waals surface area contributed by atoms with Gasteiger partial charge in [0.2, 0.25) is 0 Å². The molecule has 0 N–H and O–H groups in total. The summed E-state index contributed by atoms with van der Waals surface area (Å²) in [5.74, 6) is -0.355. The fourth-order valence-electron chi connectivity index (χ4n) is 1.81. The van der Waals surface area contributed by atoms with Gasteiger partial charge in [-0.05, 0) is 29.8 Å². The van der Waals surface area contributed by atoms with Crippen LogP contribution in [0.25, 0.3) is 11.3 Å². The first kappa shape index (κ1) is 14.5. The van der Waals surface area contributed by atoms with Crippen LogP contribution in [-0.4, -0.2) is 26.8 Å². The largest absolute Gasteiger partial charge is 0.494 e. The van der Waals surface area contributed by atoms with E-state index < -0.39 is 15.7 Å². The van der Waals surface area contributed by atoms with Crippen molar-refractivity contribution >= 4 is 9.84 Å². The highest BCUT2D eigenvalue weighted by Crippen LogP contribution is 2.24. The van der Waals surface area contributed by atoms with Crippen molar-refractivity contribution in [1.29, 1.82) is 0 Å². The van der Waals surface area contributed by atoms with Crippen LogP contribution in [0.3, 0.4) is 0 Å². The van der Waals surface area contributed by atoms with Crippen LogP contribution >= 0.6 is 0 Å². The second-order valence-electron chi connectivity index (χ2n) is 4.47. The lowest BCUT2D eigenvalue weighted by Crippen LogP contribution is -2.01. The monoisotopic (exact) mass is 295 g/mol. The lowest BCUT2D eigenvalue weighted by molar-refractivity contribution is 0.386. The Bertz CT molecular complexity index is 712. The summed E-state index contributed by atoms with van der Waals surface area (Å²) in [6.45, 7) is 0. The molecule has 1 heterocycles. The van der Waals surface area contributed by atoms with Crippen molar-refractivity contribution in [3.63, 3.8) is 0 Å². The van der Waals surface area contributed by atoms with Crippen LogP contribution in [0.4, 0.5) is 4.39 Å². The van der Waals surface area contributed by atoms with Crippen LogP contribution in [0.1, 0.15) is 5.56 Å². The highest BCUT2D eigenvalue weighted by molar-refractivity contribution is 7.89. The quantitative estimate of drug-likeness (QED) is 0.869. The molecule has 0 amide bonds. The van der Waals surface area contributed by atoms with Gasteiger partial charge >= 0.3 is 0 Å². The molecule has 0 spiro atoms. The number of benzene rings is 1. The second-order valence-corrected chi connectivity index (χ2v) is 6.61. The number of nitrogens with zero attached hydrogens (tertiary/aromatic N) is 1. The molecule has 0 unspecified atom stereocenters. The zero-order valence-corrected chi connectivity index (χ0v) is 11.9. The van der Waals surface area contributed by atoms with Gasteiger partial charge in [0, 0.05) is 18.0 Å². The first-order valence-electron chi connectivity index (χ1n) is 5.85. The zero-order chi connectivity index (χ0) is 14.8. The van der Waals surface area contributed by atoms with Crippen molar-refractivity contribution in [2.45, 2.75) is 5.75 Å². The molecular formula is C14H14FNO3S. The second kappa shape index (κ2) is 5.58. The van der Waals surface area contributed by atoms with E-state index in [1.165, 1.54) is 31.7 Å². The lowest BCUT2D eigenvalue weighted by Gasteiger charge is -2.06. The molecule has 6 heteroatoms. The number of ether oxygens (including phenoxy) is 1. The number of pyridine rings is 1. The molecular weight excluding hydrogens is 281 g/mol. The summed E-state index contributed by atoms with van der Waals surface area (Å²) in [6.07, 6.45) is 2.65. The number of methoxy groups -OCH3 is 1. The average Bonchev–Trinajstić information content (AvgIpc) is 2.37. The third-order valence-electron chi connectivity index (χ3n) is 2.70. The smallest absolute Gasteiger partial charge is 0.165 e. The third-order valence-corrected chi connectivity index (χ3v) is 3.56. The van der Waals surface area contributed by atoms with Crippen LogP contribution < -0.4 is 4.74 Å². The Balaban J connectivity index is 2.28. The number of hydrogen-bond donors (Lipinski definition) is 0. The summed E-state index contributed by atoms with van der Waals surface area (Å²) in [5, 5.41) is 0. The molecule has 0 aliphatic rings. The minimum absolute atomic E-state index is 0.0583. The number of hydrogen-bond acceptors (Lipinski definition) is 4. The minimum atomic E-state index is -3.09. The molecule has 0 fully saturated rings. The van der Waals surface area contributed by atoms with Gasteiger partial charge in [-0.25, -0.2) is 12.8 Å². The Morgan fingerprint density at radius 1 is 1.25 bits per heavy atom.